The van der Waals surface area contributed by atoms with Crippen LogP contribution < -0.4 is 14.8 Å². The van der Waals surface area contributed by atoms with E-state index >= 15 is 0 Å². The highest BCUT2D eigenvalue weighted by atomic mass is 16.7. The van der Waals surface area contributed by atoms with Gasteiger partial charge < -0.3 is 19.7 Å². The van der Waals surface area contributed by atoms with Gasteiger partial charge in [-0.15, -0.1) is 0 Å². The Hall–Kier alpha value is -2.77. The zero-order valence-electron chi connectivity index (χ0n) is 19.2. The molecule has 0 spiro atoms. The van der Waals surface area contributed by atoms with Crippen molar-refractivity contribution in [1.82, 2.24) is 15.1 Å². The summed E-state index contributed by atoms with van der Waals surface area (Å²) in [4.78, 5) is 42.1. The molecule has 32 heavy (non-hydrogen) atoms. The number of ether oxygens (including phenoxy) is 2. The Morgan fingerprint density at radius 2 is 1.91 bits per heavy atom. The summed E-state index contributed by atoms with van der Waals surface area (Å²) in [6.45, 7) is 7.77. The smallest absolute Gasteiger partial charge is 0.325 e. The predicted octanol–water partition coefficient (Wildman–Crippen LogP) is 3.29. The van der Waals surface area contributed by atoms with Crippen molar-refractivity contribution in [2.45, 2.75) is 65.0 Å². The first-order chi connectivity index (χ1) is 15.4. The molecule has 0 unspecified atom stereocenters. The van der Waals surface area contributed by atoms with Crippen LogP contribution in [0.3, 0.4) is 0 Å². The second-order valence-corrected chi connectivity index (χ2v) is 9.21. The Labute approximate surface area is 189 Å². The lowest BCUT2D eigenvalue weighted by Gasteiger charge is -2.40. The van der Waals surface area contributed by atoms with Crippen molar-refractivity contribution < 1.29 is 23.9 Å². The summed E-state index contributed by atoms with van der Waals surface area (Å²) < 4.78 is 10.8. The third-order valence-electron chi connectivity index (χ3n) is 7.30. The zero-order valence-corrected chi connectivity index (χ0v) is 19.2. The van der Waals surface area contributed by atoms with Crippen LogP contribution in [0, 0.1) is 11.8 Å². The summed E-state index contributed by atoms with van der Waals surface area (Å²) in [6.07, 6.45) is 3.51. The molecule has 3 aliphatic heterocycles. The number of benzene rings is 1. The number of urea groups is 1. The Morgan fingerprint density at radius 1 is 1.19 bits per heavy atom. The lowest BCUT2D eigenvalue weighted by molar-refractivity contribution is -0.136. The normalized spacial score (nSPS) is 24.1. The fourth-order valence-corrected chi connectivity index (χ4v) is 5.01. The third kappa shape index (κ3) is 4.02. The van der Waals surface area contributed by atoms with Gasteiger partial charge in [0.25, 0.3) is 5.91 Å². The maximum Gasteiger partial charge on any atom is 0.325 e. The number of rotatable bonds is 7. The minimum atomic E-state index is -0.904. The zero-order chi connectivity index (χ0) is 22.9. The van der Waals surface area contributed by atoms with Crippen LogP contribution in [0.4, 0.5) is 4.79 Å². The number of piperidine rings is 1. The molecule has 174 valence electrons. The van der Waals surface area contributed by atoms with E-state index in [9.17, 15) is 14.4 Å². The summed E-state index contributed by atoms with van der Waals surface area (Å²) >= 11 is 0. The van der Waals surface area contributed by atoms with Gasteiger partial charge in [0.05, 0.1) is 6.54 Å². The molecule has 1 N–H and O–H groups in total. The van der Waals surface area contributed by atoms with Crippen molar-refractivity contribution in [3.8, 4) is 11.5 Å². The van der Waals surface area contributed by atoms with E-state index in [1.165, 1.54) is 4.90 Å². The van der Waals surface area contributed by atoms with Crippen LogP contribution in [-0.4, -0.2) is 53.1 Å². The molecule has 0 bridgehead atoms. The van der Waals surface area contributed by atoms with Crippen LogP contribution in [0.2, 0.25) is 0 Å². The van der Waals surface area contributed by atoms with Crippen molar-refractivity contribution in [2.24, 2.45) is 11.8 Å². The Kier molecular flexibility index (Phi) is 6.31. The lowest BCUT2D eigenvalue weighted by Crippen LogP contribution is -2.56. The molecule has 2 fully saturated rings. The number of hydrogen-bond donors (Lipinski definition) is 1. The highest BCUT2D eigenvalue weighted by Crippen LogP contribution is 2.38. The van der Waals surface area contributed by atoms with E-state index in [1.807, 2.05) is 24.0 Å². The molecule has 0 aliphatic carbocycles. The van der Waals surface area contributed by atoms with Gasteiger partial charge in [0, 0.05) is 19.5 Å². The topological polar surface area (TPSA) is 88.2 Å². The van der Waals surface area contributed by atoms with E-state index in [0.29, 0.717) is 56.2 Å². The number of nitrogens with one attached hydrogen (secondary N) is 1. The van der Waals surface area contributed by atoms with Crippen molar-refractivity contribution in [3.63, 3.8) is 0 Å². The van der Waals surface area contributed by atoms with Crippen LogP contribution in [0.1, 0.15) is 58.4 Å². The average Bonchev–Trinajstić information content (AvgIpc) is 3.37. The maximum atomic E-state index is 13.5. The number of amides is 4. The molecule has 0 radical (unpaired) electrons. The largest absolute Gasteiger partial charge is 0.454 e. The monoisotopic (exact) mass is 443 g/mol. The van der Waals surface area contributed by atoms with E-state index in [1.54, 1.807) is 6.07 Å². The van der Waals surface area contributed by atoms with Crippen molar-refractivity contribution in [2.75, 3.05) is 19.9 Å². The van der Waals surface area contributed by atoms with Crippen molar-refractivity contribution in [3.05, 3.63) is 23.8 Å². The molecule has 2 saturated heterocycles. The molecule has 8 heteroatoms. The first-order valence-electron chi connectivity index (χ1n) is 11.7. The lowest BCUT2D eigenvalue weighted by atomic mass is 9.75. The highest BCUT2D eigenvalue weighted by molar-refractivity contribution is 6.07. The van der Waals surface area contributed by atoms with Crippen LogP contribution >= 0.6 is 0 Å². The van der Waals surface area contributed by atoms with Gasteiger partial charge >= 0.3 is 6.03 Å². The first kappa shape index (κ1) is 22.4. The molecule has 2 atom stereocenters. The number of likely N-dealkylation sites (tertiary alicyclic amines) is 1. The summed E-state index contributed by atoms with van der Waals surface area (Å²) in [5.74, 6) is 1.71. The van der Waals surface area contributed by atoms with Crippen LogP contribution in [-0.2, 0) is 16.1 Å². The van der Waals surface area contributed by atoms with E-state index in [4.69, 9.17) is 9.47 Å². The number of fused-ring (bicyclic) bond motifs is 1. The average molecular weight is 444 g/mol. The number of imide groups is 1. The number of carbonyl (C=O) groups excluding carboxylic acids is 3. The minimum absolute atomic E-state index is 0.0124. The molecule has 0 saturated carbocycles. The molecule has 4 rings (SSSR count). The van der Waals surface area contributed by atoms with Gasteiger partial charge in [-0.1, -0.05) is 33.3 Å². The van der Waals surface area contributed by atoms with Gasteiger partial charge in [0.2, 0.25) is 12.7 Å². The van der Waals surface area contributed by atoms with Crippen LogP contribution in [0.25, 0.3) is 0 Å². The first-order valence-corrected chi connectivity index (χ1v) is 11.7. The van der Waals surface area contributed by atoms with E-state index in [0.717, 1.165) is 12.0 Å². The molecule has 1 aromatic rings. The standard InChI is InChI=1S/C24H33N3O5/c1-4-16(3)12-21(28)26-10-8-18(9-11-26)24(5-2)22(29)27(23(30)25-24)14-17-6-7-19-20(13-17)32-15-31-19/h6-7,13,16,18H,4-5,8-12,14-15H2,1-3H3,(H,25,30)/t16-,24-/m1/s1. The molecule has 8 nitrogen and oxygen atoms in total. The molecule has 1 aromatic carbocycles. The SMILES string of the molecule is CC[C@@H](C)CC(=O)N1CCC([C@@]2(CC)NC(=O)N(Cc3ccc4c(c3)OCO4)C2=O)CC1. The second-order valence-electron chi connectivity index (χ2n) is 9.21. The van der Waals surface area contributed by atoms with Gasteiger partial charge in [-0.25, -0.2) is 4.79 Å². The molecule has 4 amide bonds. The van der Waals surface area contributed by atoms with Crippen molar-refractivity contribution >= 4 is 17.8 Å². The number of nitrogens with zero attached hydrogens (tertiary/aromatic N) is 2. The molecule has 0 aromatic heterocycles. The van der Waals surface area contributed by atoms with Gasteiger partial charge in [0.1, 0.15) is 5.54 Å². The van der Waals surface area contributed by atoms with Crippen molar-refractivity contribution in [1.29, 1.82) is 0 Å². The van der Waals surface area contributed by atoms with E-state index in [2.05, 4.69) is 19.2 Å². The fourth-order valence-electron chi connectivity index (χ4n) is 5.01. The minimum Gasteiger partial charge on any atom is -0.454 e. The number of carbonyl (C=O) groups is 3. The molecular formula is C24H33N3O5. The summed E-state index contributed by atoms with van der Waals surface area (Å²) in [6, 6.07) is 5.11. The highest BCUT2D eigenvalue weighted by Gasteiger charge is 2.54. The van der Waals surface area contributed by atoms with E-state index in [-0.39, 0.29) is 37.1 Å². The van der Waals surface area contributed by atoms with E-state index < -0.39 is 5.54 Å². The third-order valence-corrected chi connectivity index (χ3v) is 7.30. The Bertz CT molecular complexity index is 896. The second kappa shape index (κ2) is 9.00. The fraction of sp³-hybridized carbons (Fsp3) is 0.625. The summed E-state index contributed by atoms with van der Waals surface area (Å²) in [7, 11) is 0. The van der Waals surface area contributed by atoms with Gasteiger partial charge in [-0.05, 0) is 48.8 Å². The van der Waals surface area contributed by atoms with Gasteiger partial charge in [-0.2, -0.15) is 0 Å². The summed E-state index contributed by atoms with van der Waals surface area (Å²) in [5, 5.41) is 3.02. The Balaban J connectivity index is 1.43. The molecule has 3 aliphatic rings. The summed E-state index contributed by atoms with van der Waals surface area (Å²) in [5.41, 5.74) is -0.0886. The molecule has 3 heterocycles. The van der Waals surface area contributed by atoms with Gasteiger partial charge in [0.15, 0.2) is 11.5 Å². The predicted molar refractivity (Wildman–Crippen MR) is 118 cm³/mol. The maximum absolute atomic E-state index is 13.5. The quantitative estimate of drug-likeness (QED) is 0.654. The Morgan fingerprint density at radius 3 is 2.59 bits per heavy atom. The molecular weight excluding hydrogens is 410 g/mol. The van der Waals surface area contributed by atoms with Crippen LogP contribution in [0.15, 0.2) is 18.2 Å². The van der Waals surface area contributed by atoms with Crippen LogP contribution in [0.5, 0.6) is 11.5 Å². The number of hydrogen-bond acceptors (Lipinski definition) is 5. The van der Waals surface area contributed by atoms with Gasteiger partial charge in [-0.3, -0.25) is 14.5 Å².